The van der Waals surface area contributed by atoms with Crippen LogP contribution in [0.2, 0.25) is 5.02 Å². The van der Waals surface area contributed by atoms with Gasteiger partial charge in [0.1, 0.15) is 0 Å². The molecule has 1 aromatic carbocycles. The second-order valence-electron chi connectivity index (χ2n) is 4.35. The van der Waals surface area contributed by atoms with Gasteiger partial charge in [-0.05, 0) is 30.1 Å². The van der Waals surface area contributed by atoms with Gasteiger partial charge in [0, 0.05) is 21.4 Å². The zero-order valence-electron chi connectivity index (χ0n) is 10.0. The number of rotatable bonds is 3. The van der Waals surface area contributed by atoms with Gasteiger partial charge in [0.15, 0.2) is 0 Å². The molecule has 1 nitrogen and oxygen atoms in total. The lowest BCUT2D eigenvalue weighted by molar-refractivity contribution is 0.523. The van der Waals surface area contributed by atoms with Crippen LogP contribution >= 0.6 is 34.7 Å². The van der Waals surface area contributed by atoms with Crippen LogP contribution in [0.4, 0.5) is 0 Å². The fraction of sp³-hybridized carbons (Fsp3) is 0.286. The van der Waals surface area contributed by atoms with Crippen LogP contribution in [0.1, 0.15) is 22.4 Å². The van der Waals surface area contributed by atoms with E-state index < -0.39 is 0 Å². The minimum atomic E-state index is 0.314. The normalized spacial score (nSPS) is 19.8. The highest BCUT2D eigenvalue weighted by Crippen LogP contribution is 2.47. The van der Waals surface area contributed by atoms with E-state index in [1.807, 2.05) is 24.9 Å². The summed E-state index contributed by atoms with van der Waals surface area (Å²) in [5, 5.41) is 6.39. The molecule has 4 heteroatoms. The monoisotopic (exact) mass is 295 g/mol. The van der Waals surface area contributed by atoms with Crippen molar-refractivity contribution in [3.63, 3.8) is 0 Å². The first kappa shape index (κ1) is 12.5. The highest BCUT2D eigenvalue weighted by atomic mass is 35.5. The molecule has 3 rings (SSSR count). The number of fused-ring (bicyclic) bond motifs is 1. The van der Waals surface area contributed by atoms with E-state index in [1.165, 1.54) is 15.3 Å². The molecule has 94 valence electrons. The Morgan fingerprint density at radius 3 is 2.89 bits per heavy atom. The van der Waals surface area contributed by atoms with Crippen molar-refractivity contribution in [1.82, 2.24) is 5.32 Å². The first-order valence-electron chi connectivity index (χ1n) is 5.93. The Morgan fingerprint density at radius 2 is 2.17 bits per heavy atom. The molecule has 2 unspecified atom stereocenters. The number of likely N-dealkylation sites (N-methyl/N-ethyl adjacent to an activating group) is 1. The lowest BCUT2D eigenvalue weighted by atomic mass is 9.92. The van der Waals surface area contributed by atoms with Crippen LogP contribution in [0.5, 0.6) is 0 Å². The molecule has 0 radical (unpaired) electrons. The second kappa shape index (κ2) is 5.25. The molecule has 1 aliphatic rings. The topological polar surface area (TPSA) is 12.0 Å². The van der Waals surface area contributed by atoms with E-state index in [2.05, 4.69) is 35.0 Å². The van der Waals surface area contributed by atoms with Gasteiger partial charge in [-0.2, -0.15) is 0 Å². The number of halogens is 1. The van der Waals surface area contributed by atoms with Crippen LogP contribution in [-0.4, -0.2) is 12.8 Å². The van der Waals surface area contributed by atoms with E-state index in [0.717, 1.165) is 10.8 Å². The predicted octanol–water partition coefficient (Wildman–Crippen LogP) is 4.55. The maximum atomic E-state index is 6.28. The van der Waals surface area contributed by atoms with Crippen LogP contribution in [0.25, 0.3) is 0 Å². The van der Waals surface area contributed by atoms with Crippen molar-refractivity contribution in [3.8, 4) is 0 Å². The van der Waals surface area contributed by atoms with Gasteiger partial charge in [-0.25, -0.2) is 0 Å². The molecule has 0 saturated heterocycles. The smallest absolute Gasteiger partial charge is 0.0561 e. The Kier molecular flexibility index (Phi) is 3.66. The van der Waals surface area contributed by atoms with Gasteiger partial charge in [0.05, 0.1) is 11.1 Å². The van der Waals surface area contributed by atoms with E-state index in [9.17, 15) is 0 Å². The molecular formula is C14H14ClNS2. The molecular weight excluding hydrogens is 282 g/mol. The highest BCUT2D eigenvalue weighted by Gasteiger charge is 2.31. The Morgan fingerprint density at radius 1 is 1.33 bits per heavy atom. The second-order valence-corrected chi connectivity index (χ2v) is 6.77. The minimum Gasteiger partial charge on any atom is -0.312 e. The average Bonchev–Trinajstić information content (AvgIpc) is 2.99. The fourth-order valence-corrected chi connectivity index (χ4v) is 5.15. The van der Waals surface area contributed by atoms with Gasteiger partial charge in [0.25, 0.3) is 0 Å². The van der Waals surface area contributed by atoms with Crippen molar-refractivity contribution < 1.29 is 0 Å². The summed E-state index contributed by atoms with van der Waals surface area (Å²) in [6, 6.07) is 11.0. The van der Waals surface area contributed by atoms with Crippen molar-refractivity contribution >= 4 is 34.7 Å². The van der Waals surface area contributed by atoms with E-state index in [4.69, 9.17) is 11.6 Å². The summed E-state index contributed by atoms with van der Waals surface area (Å²) in [6.45, 7) is 0. The largest absolute Gasteiger partial charge is 0.312 e. The molecule has 2 atom stereocenters. The zero-order chi connectivity index (χ0) is 12.5. The van der Waals surface area contributed by atoms with Crippen molar-refractivity contribution in [2.75, 3.05) is 12.8 Å². The van der Waals surface area contributed by atoms with Crippen LogP contribution in [0.15, 0.2) is 40.6 Å². The average molecular weight is 296 g/mol. The predicted molar refractivity (Wildman–Crippen MR) is 81.0 cm³/mol. The van der Waals surface area contributed by atoms with Crippen molar-refractivity contribution in [1.29, 1.82) is 0 Å². The summed E-state index contributed by atoms with van der Waals surface area (Å²) in [5.41, 5.74) is 1.45. The molecule has 2 aromatic rings. The summed E-state index contributed by atoms with van der Waals surface area (Å²) < 4.78 is 0. The standard InChI is InChI=1S/C14H14ClNS2/c1-16-13(14-11(15)6-7-17-14)10-8-18-12-5-3-2-4-9(10)12/h2-7,10,13,16H,8H2,1H3. The summed E-state index contributed by atoms with van der Waals surface area (Å²) in [6.07, 6.45) is 0. The molecule has 0 bridgehead atoms. The van der Waals surface area contributed by atoms with Gasteiger partial charge in [-0.1, -0.05) is 29.8 Å². The quantitative estimate of drug-likeness (QED) is 0.891. The van der Waals surface area contributed by atoms with Gasteiger partial charge in [0.2, 0.25) is 0 Å². The van der Waals surface area contributed by atoms with Gasteiger partial charge in [-0.15, -0.1) is 23.1 Å². The third-order valence-corrected chi connectivity index (χ3v) is 6.03. The molecule has 0 aliphatic carbocycles. The molecule has 0 spiro atoms. The first-order valence-corrected chi connectivity index (χ1v) is 8.17. The zero-order valence-corrected chi connectivity index (χ0v) is 12.4. The molecule has 0 saturated carbocycles. The fourth-order valence-electron chi connectivity index (χ4n) is 2.51. The number of thiophene rings is 1. The number of benzene rings is 1. The van der Waals surface area contributed by atoms with Crippen LogP contribution in [-0.2, 0) is 0 Å². The molecule has 1 N–H and O–H groups in total. The minimum absolute atomic E-state index is 0.314. The number of hydrogen-bond acceptors (Lipinski definition) is 3. The number of thioether (sulfide) groups is 1. The maximum absolute atomic E-state index is 6.28. The number of hydrogen-bond donors (Lipinski definition) is 1. The summed E-state index contributed by atoms with van der Waals surface area (Å²) in [4.78, 5) is 2.66. The molecule has 0 fully saturated rings. The van der Waals surface area contributed by atoms with E-state index in [1.54, 1.807) is 11.3 Å². The molecule has 1 aliphatic heterocycles. The Labute approximate surface area is 121 Å². The van der Waals surface area contributed by atoms with Gasteiger partial charge < -0.3 is 5.32 Å². The van der Waals surface area contributed by atoms with Crippen LogP contribution < -0.4 is 5.32 Å². The highest BCUT2D eigenvalue weighted by molar-refractivity contribution is 7.99. The Balaban J connectivity index is 1.98. The lowest BCUT2D eigenvalue weighted by Crippen LogP contribution is -2.23. The third kappa shape index (κ3) is 2.10. The lowest BCUT2D eigenvalue weighted by Gasteiger charge is -2.23. The third-order valence-electron chi connectivity index (χ3n) is 3.38. The van der Waals surface area contributed by atoms with E-state index in [0.29, 0.717) is 12.0 Å². The summed E-state index contributed by atoms with van der Waals surface area (Å²) in [5.74, 6) is 1.63. The van der Waals surface area contributed by atoms with Crippen molar-refractivity contribution in [3.05, 3.63) is 51.2 Å². The van der Waals surface area contributed by atoms with E-state index in [-0.39, 0.29) is 0 Å². The SMILES string of the molecule is CNC(c1sccc1Cl)C1CSc2ccccc21. The van der Waals surface area contributed by atoms with Crippen molar-refractivity contribution in [2.24, 2.45) is 0 Å². The van der Waals surface area contributed by atoms with Crippen molar-refractivity contribution in [2.45, 2.75) is 16.9 Å². The van der Waals surface area contributed by atoms with Crippen LogP contribution in [0, 0.1) is 0 Å². The van der Waals surface area contributed by atoms with E-state index >= 15 is 0 Å². The van der Waals surface area contributed by atoms with Gasteiger partial charge in [-0.3, -0.25) is 0 Å². The molecule has 1 aromatic heterocycles. The maximum Gasteiger partial charge on any atom is 0.0561 e. The Bertz CT molecular complexity index is 552. The summed E-state index contributed by atoms with van der Waals surface area (Å²) >= 11 is 9.97. The summed E-state index contributed by atoms with van der Waals surface area (Å²) in [7, 11) is 2.02. The first-order chi connectivity index (χ1) is 8.81. The molecule has 2 heterocycles. The molecule has 18 heavy (non-hydrogen) atoms. The number of nitrogens with one attached hydrogen (secondary N) is 1. The molecule has 0 amide bonds. The Hall–Kier alpha value is -0.480. The van der Waals surface area contributed by atoms with Crippen LogP contribution in [0.3, 0.4) is 0 Å². The van der Waals surface area contributed by atoms with Gasteiger partial charge >= 0.3 is 0 Å².